The number of aromatic nitrogens is 2. The zero-order valence-corrected chi connectivity index (χ0v) is 17.3. The van der Waals surface area contributed by atoms with Crippen LogP contribution in [0.15, 0.2) is 17.4 Å². The molecule has 1 saturated carbocycles. The number of morpholine rings is 1. The van der Waals surface area contributed by atoms with Crippen LogP contribution in [0.25, 0.3) is 0 Å². The summed E-state index contributed by atoms with van der Waals surface area (Å²) in [6.45, 7) is 2.27. The Morgan fingerprint density at radius 2 is 2.24 bits per heavy atom. The molecule has 1 atom stereocenters. The Hall–Kier alpha value is -1.36. The Bertz CT molecular complexity index is 614. The molecule has 25 heavy (non-hydrogen) atoms. The second kappa shape index (κ2) is 8.84. The lowest BCUT2D eigenvalue weighted by Crippen LogP contribution is -2.49. The molecule has 0 aromatic carbocycles. The monoisotopic (exact) mass is 462 g/mol. The van der Waals surface area contributed by atoms with Crippen LogP contribution >= 0.6 is 24.0 Å². The van der Waals surface area contributed by atoms with E-state index >= 15 is 0 Å². The smallest absolute Gasteiger partial charge is 0.243 e. The van der Waals surface area contributed by atoms with Crippen molar-refractivity contribution in [2.24, 2.45) is 12.0 Å². The molecule has 1 aliphatic heterocycles. The molecular weight excluding hydrogens is 435 g/mol. The number of likely N-dealkylation sites (N-methyl/N-ethyl adjacent to an activating group) is 1. The summed E-state index contributed by atoms with van der Waals surface area (Å²) < 4.78 is 7.67. The highest BCUT2D eigenvalue weighted by Crippen LogP contribution is 2.23. The largest absolute Gasteiger partial charge is 0.370 e. The van der Waals surface area contributed by atoms with Crippen molar-refractivity contribution in [3.63, 3.8) is 0 Å². The standard InChI is InChI=1S/C16H26N6O2.HI/c1-20(2)15(23)9-17-16(19-13-4-5-13)22-6-7-24-14(11-22)12-8-18-21(3)10-12;/h8,10,13-14H,4-7,9,11H2,1-3H3,(H,17,19);1H. The molecule has 0 spiro atoms. The van der Waals surface area contributed by atoms with Crippen molar-refractivity contribution in [3.8, 4) is 0 Å². The third kappa shape index (κ3) is 5.56. The lowest BCUT2D eigenvalue weighted by molar-refractivity contribution is -0.127. The van der Waals surface area contributed by atoms with Gasteiger partial charge in [-0.3, -0.25) is 9.48 Å². The van der Waals surface area contributed by atoms with Crippen LogP contribution in [0.4, 0.5) is 0 Å². The normalized spacial score (nSPS) is 20.8. The van der Waals surface area contributed by atoms with E-state index in [9.17, 15) is 4.79 Å². The van der Waals surface area contributed by atoms with Gasteiger partial charge in [-0.25, -0.2) is 4.99 Å². The Balaban J connectivity index is 0.00000225. The van der Waals surface area contributed by atoms with Gasteiger partial charge in [0.25, 0.3) is 0 Å². The van der Waals surface area contributed by atoms with Crippen LogP contribution in [0.1, 0.15) is 24.5 Å². The van der Waals surface area contributed by atoms with Crippen molar-refractivity contribution in [3.05, 3.63) is 18.0 Å². The SMILES string of the molecule is CN(C)C(=O)CN=C(NC1CC1)N1CCOC(c2cnn(C)c2)C1.I. The maximum absolute atomic E-state index is 11.9. The average Bonchev–Trinajstić information content (AvgIpc) is 3.29. The molecular formula is C16H27IN6O2. The number of aryl methyl sites for hydroxylation is 1. The highest BCUT2D eigenvalue weighted by molar-refractivity contribution is 14.0. The summed E-state index contributed by atoms with van der Waals surface area (Å²) in [6.07, 6.45) is 6.13. The van der Waals surface area contributed by atoms with Gasteiger partial charge in [0, 0.05) is 45.5 Å². The van der Waals surface area contributed by atoms with Crippen LogP contribution in [0.3, 0.4) is 0 Å². The van der Waals surface area contributed by atoms with E-state index in [4.69, 9.17) is 4.74 Å². The number of amides is 1. The van der Waals surface area contributed by atoms with E-state index in [1.165, 1.54) is 0 Å². The van der Waals surface area contributed by atoms with Crippen molar-refractivity contribution in [1.29, 1.82) is 0 Å². The lowest BCUT2D eigenvalue weighted by atomic mass is 10.1. The van der Waals surface area contributed by atoms with E-state index < -0.39 is 0 Å². The summed E-state index contributed by atoms with van der Waals surface area (Å²) in [5, 5.41) is 7.68. The maximum Gasteiger partial charge on any atom is 0.243 e. The van der Waals surface area contributed by atoms with Crippen molar-refractivity contribution >= 4 is 35.8 Å². The number of nitrogens with zero attached hydrogens (tertiary/aromatic N) is 5. The quantitative estimate of drug-likeness (QED) is 0.403. The molecule has 1 aliphatic carbocycles. The first-order valence-electron chi connectivity index (χ1n) is 8.39. The number of nitrogens with one attached hydrogen (secondary N) is 1. The number of aliphatic imine (C=N–C) groups is 1. The summed E-state index contributed by atoms with van der Waals surface area (Å²) in [4.78, 5) is 20.2. The molecule has 140 valence electrons. The van der Waals surface area contributed by atoms with Gasteiger partial charge in [-0.2, -0.15) is 5.10 Å². The maximum atomic E-state index is 11.9. The fourth-order valence-corrected chi connectivity index (χ4v) is 2.58. The predicted octanol–water partition coefficient (Wildman–Crippen LogP) is 0.608. The fraction of sp³-hybridized carbons (Fsp3) is 0.688. The van der Waals surface area contributed by atoms with Crippen LogP contribution in [-0.4, -0.2) is 77.8 Å². The molecule has 2 aliphatic rings. The van der Waals surface area contributed by atoms with Gasteiger partial charge in [0.15, 0.2) is 5.96 Å². The first-order valence-corrected chi connectivity index (χ1v) is 8.39. The van der Waals surface area contributed by atoms with E-state index in [1.54, 1.807) is 23.7 Å². The van der Waals surface area contributed by atoms with Gasteiger partial charge in [0.05, 0.1) is 19.3 Å². The number of hydrogen-bond acceptors (Lipinski definition) is 4. The summed E-state index contributed by atoms with van der Waals surface area (Å²) >= 11 is 0. The van der Waals surface area contributed by atoms with Gasteiger partial charge in [-0.05, 0) is 12.8 Å². The van der Waals surface area contributed by atoms with Gasteiger partial charge < -0.3 is 19.9 Å². The van der Waals surface area contributed by atoms with E-state index in [-0.39, 0.29) is 42.5 Å². The summed E-state index contributed by atoms with van der Waals surface area (Å²) in [6, 6.07) is 0.484. The molecule has 1 unspecified atom stereocenters. The second-order valence-electron chi connectivity index (χ2n) is 6.60. The van der Waals surface area contributed by atoms with Crippen LogP contribution in [0.2, 0.25) is 0 Å². The topological polar surface area (TPSA) is 75.0 Å². The molecule has 1 aromatic heterocycles. The van der Waals surface area contributed by atoms with E-state index in [0.717, 1.165) is 30.9 Å². The summed E-state index contributed by atoms with van der Waals surface area (Å²) in [7, 11) is 5.40. The minimum Gasteiger partial charge on any atom is -0.370 e. The van der Waals surface area contributed by atoms with Crippen LogP contribution in [-0.2, 0) is 16.6 Å². The Labute approximate surface area is 165 Å². The Morgan fingerprint density at radius 1 is 1.48 bits per heavy atom. The predicted molar refractivity (Wildman–Crippen MR) is 106 cm³/mol. The molecule has 0 bridgehead atoms. The summed E-state index contributed by atoms with van der Waals surface area (Å²) in [5.41, 5.74) is 1.07. The molecule has 2 heterocycles. The number of hydrogen-bond donors (Lipinski definition) is 1. The molecule has 0 radical (unpaired) electrons. The number of rotatable bonds is 4. The first-order chi connectivity index (χ1) is 11.5. The molecule has 9 heteroatoms. The van der Waals surface area contributed by atoms with Crippen molar-refractivity contribution < 1.29 is 9.53 Å². The highest BCUT2D eigenvalue weighted by atomic mass is 127. The van der Waals surface area contributed by atoms with Gasteiger partial charge in [-0.1, -0.05) is 0 Å². The van der Waals surface area contributed by atoms with Crippen LogP contribution < -0.4 is 5.32 Å². The third-order valence-electron chi connectivity index (χ3n) is 4.24. The van der Waals surface area contributed by atoms with Gasteiger partial charge in [0.2, 0.25) is 5.91 Å². The molecule has 1 amide bonds. The molecule has 1 aromatic rings. The number of guanidine groups is 1. The first kappa shape index (κ1) is 20.0. The zero-order chi connectivity index (χ0) is 17.1. The van der Waals surface area contributed by atoms with Crippen molar-refractivity contribution in [2.45, 2.75) is 25.0 Å². The van der Waals surface area contributed by atoms with Gasteiger partial charge in [0.1, 0.15) is 12.6 Å². The molecule has 1 N–H and O–H groups in total. The second-order valence-corrected chi connectivity index (χ2v) is 6.60. The molecule has 2 fully saturated rings. The van der Waals surface area contributed by atoms with E-state index in [0.29, 0.717) is 19.2 Å². The third-order valence-corrected chi connectivity index (χ3v) is 4.24. The number of carbonyl (C=O) groups is 1. The Kier molecular flexibility index (Phi) is 7.05. The number of ether oxygens (including phenoxy) is 1. The number of carbonyl (C=O) groups excluding carboxylic acids is 1. The van der Waals surface area contributed by atoms with Gasteiger partial charge in [-0.15, -0.1) is 24.0 Å². The minimum absolute atomic E-state index is 0. The van der Waals surface area contributed by atoms with E-state index in [2.05, 4.69) is 20.3 Å². The molecule has 8 nitrogen and oxygen atoms in total. The van der Waals surface area contributed by atoms with Crippen LogP contribution in [0.5, 0.6) is 0 Å². The summed E-state index contributed by atoms with van der Waals surface area (Å²) in [5.74, 6) is 0.812. The van der Waals surface area contributed by atoms with Crippen LogP contribution in [0, 0.1) is 0 Å². The van der Waals surface area contributed by atoms with Crippen molar-refractivity contribution in [1.82, 2.24) is 24.9 Å². The molecule has 3 rings (SSSR count). The fourth-order valence-electron chi connectivity index (χ4n) is 2.58. The Morgan fingerprint density at radius 3 is 2.84 bits per heavy atom. The number of halogens is 1. The van der Waals surface area contributed by atoms with E-state index in [1.807, 2.05) is 19.4 Å². The molecule has 1 saturated heterocycles. The average molecular weight is 462 g/mol. The highest BCUT2D eigenvalue weighted by Gasteiger charge is 2.29. The zero-order valence-electron chi connectivity index (χ0n) is 15.0. The van der Waals surface area contributed by atoms with Gasteiger partial charge >= 0.3 is 0 Å². The van der Waals surface area contributed by atoms with Crippen molar-refractivity contribution in [2.75, 3.05) is 40.3 Å². The minimum atomic E-state index is -0.0248. The lowest BCUT2D eigenvalue weighted by Gasteiger charge is -2.35.